The zero-order valence-electron chi connectivity index (χ0n) is 8.60. The van der Waals surface area contributed by atoms with E-state index in [1.54, 1.807) is 5.57 Å². The van der Waals surface area contributed by atoms with Crippen LogP contribution >= 0.6 is 0 Å². The molecule has 0 aliphatic rings. The van der Waals surface area contributed by atoms with Crippen molar-refractivity contribution in [1.82, 2.24) is 0 Å². The van der Waals surface area contributed by atoms with E-state index in [1.165, 1.54) is 38.5 Å². The molecule has 70 valence electrons. The van der Waals surface area contributed by atoms with Gasteiger partial charge in [-0.3, -0.25) is 0 Å². The van der Waals surface area contributed by atoms with E-state index in [-0.39, 0.29) is 0 Å². The maximum atomic E-state index is 3.72. The molecule has 0 spiro atoms. The molecule has 12 heavy (non-hydrogen) atoms. The average molecular weight is 166 g/mol. The molecule has 0 heterocycles. The van der Waals surface area contributed by atoms with Crippen molar-refractivity contribution in [2.24, 2.45) is 0 Å². The Balaban J connectivity index is 3.44. The molecule has 0 bridgehead atoms. The van der Waals surface area contributed by atoms with Gasteiger partial charge in [0.25, 0.3) is 0 Å². The highest BCUT2D eigenvalue weighted by atomic mass is 14.0. The Labute approximate surface area is 77.4 Å². The number of allylic oxidation sites excluding steroid dienone is 3. The van der Waals surface area contributed by atoms with E-state index in [1.807, 2.05) is 6.08 Å². The molecule has 0 radical (unpaired) electrons. The fourth-order valence-corrected chi connectivity index (χ4v) is 1.35. The van der Waals surface area contributed by atoms with Crippen molar-refractivity contribution in [3.05, 3.63) is 24.3 Å². The van der Waals surface area contributed by atoms with Crippen LogP contribution in [0.2, 0.25) is 0 Å². The van der Waals surface area contributed by atoms with E-state index in [4.69, 9.17) is 0 Å². The summed E-state index contributed by atoms with van der Waals surface area (Å²) < 4.78 is 0. The first-order valence-corrected chi connectivity index (χ1v) is 5.13. The van der Waals surface area contributed by atoms with Gasteiger partial charge < -0.3 is 0 Å². The Kier molecular flexibility index (Phi) is 8.20. The Morgan fingerprint density at radius 3 is 2.50 bits per heavy atom. The molecule has 0 unspecified atom stereocenters. The van der Waals surface area contributed by atoms with Crippen molar-refractivity contribution in [2.45, 2.75) is 52.4 Å². The largest absolute Gasteiger partial charge is 0.103 e. The summed E-state index contributed by atoms with van der Waals surface area (Å²) in [4.78, 5) is 0. The smallest absolute Gasteiger partial charge is 0.0320 e. The van der Waals surface area contributed by atoms with Gasteiger partial charge >= 0.3 is 0 Å². The summed E-state index contributed by atoms with van der Waals surface area (Å²) in [7, 11) is 0. The summed E-state index contributed by atoms with van der Waals surface area (Å²) in [5.41, 5.74) is 1.63. The Morgan fingerprint density at radius 2 is 2.00 bits per heavy atom. The third-order valence-electron chi connectivity index (χ3n) is 2.10. The summed E-state index contributed by atoms with van der Waals surface area (Å²) in [6.07, 6.45) is 11.9. The minimum absolute atomic E-state index is 1.17. The molecular formula is C12H22. The van der Waals surface area contributed by atoms with Crippen LogP contribution in [0, 0.1) is 0 Å². The van der Waals surface area contributed by atoms with E-state index in [0.29, 0.717) is 0 Å². The van der Waals surface area contributed by atoms with Crippen LogP contribution in [0.1, 0.15) is 52.4 Å². The molecule has 0 aliphatic carbocycles. The first-order valence-electron chi connectivity index (χ1n) is 5.13. The minimum atomic E-state index is 1.17. The van der Waals surface area contributed by atoms with Gasteiger partial charge in [0, 0.05) is 0 Å². The second-order valence-electron chi connectivity index (χ2n) is 3.16. The molecule has 0 rings (SSSR count). The maximum Gasteiger partial charge on any atom is -0.0320 e. The molecular weight excluding hydrogens is 144 g/mol. The zero-order chi connectivity index (χ0) is 9.23. The molecule has 0 saturated heterocycles. The second-order valence-corrected chi connectivity index (χ2v) is 3.16. The Morgan fingerprint density at radius 1 is 1.25 bits per heavy atom. The zero-order valence-corrected chi connectivity index (χ0v) is 8.60. The highest BCUT2D eigenvalue weighted by Crippen LogP contribution is 2.12. The van der Waals surface area contributed by atoms with E-state index in [2.05, 4.69) is 26.5 Å². The summed E-state index contributed by atoms with van der Waals surface area (Å²) in [6.45, 7) is 8.17. The van der Waals surface area contributed by atoms with Crippen molar-refractivity contribution in [2.75, 3.05) is 0 Å². The van der Waals surface area contributed by atoms with Crippen LogP contribution in [-0.2, 0) is 0 Å². The summed E-state index contributed by atoms with van der Waals surface area (Å²) in [6, 6.07) is 0. The van der Waals surface area contributed by atoms with Crippen molar-refractivity contribution >= 4 is 0 Å². The topological polar surface area (TPSA) is 0 Å². The van der Waals surface area contributed by atoms with Gasteiger partial charge in [0.1, 0.15) is 0 Å². The average Bonchev–Trinajstić information content (AvgIpc) is 2.10. The van der Waals surface area contributed by atoms with E-state index < -0.39 is 0 Å². The number of hydrogen-bond donors (Lipinski definition) is 0. The first-order chi connectivity index (χ1) is 5.85. The quantitative estimate of drug-likeness (QED) is 0.386. The van der Waals surface area contributed by atoms with E-state index in [0.717, 1.165) is 0 Å². The molecule has 0 N–H and O–H groups in total. The van der Waals surface area contributed by atoms with Gasteiger partial charge in [-0.15, -0.1) is 6.58 Å². The van der Waals surface area contributed by atoms with Crippen LogP contribution in [0.5, 0.6) is 0 Å². The molecule has 0 aromatic heterocycles. The standard InChI is InChI=1S/C12H22/c1-4-7-8-9-11-12(6-3)10-5-2/h4,10H,1,5-9,11H2,2-3H3/b12-10+. The lowest BCUT2D eigenvalue weighted by molar-refractivity contribution is 0.725. The molecule has 0 saturated carbocycles. The second kappa shape index (κ2) is 8.58. The Bertz CT molecular complexity index is 131. The molecule has 0 fully saturated rings. The van der Waals surface area contributed by atoms with Gasteiger partial charge in [-0.25, -0.2) is 0 Å². The van der Waals surface area contributed by atoms with E-state index >= 15 is 0 Å². The maximum absolute atomic E-state index is 3.72. The van der Waals surface area contributed by atoms with Gasteiger partial charge in [0.05, 0.1) is 0 Å². The molecule has 0 heteroatoms. The molecule has 0 aliphatic heterocycles. The van der Waals surface area contributed by atoms with Crippen molar-refractivity contribution in [1.29, 1.82) is 0 Å². The Hall–Kier alpha value is -0.520. The highest BCUT2D eigenvalue weighted by Gasteiger charge is 1.92. The fraction of sp³-hybridized carbons (Fsp3) is 0.667. The van der Waals surface area contributed by atoms with E-state index in [9.17, 15) is 0 Å². The molecule has 0 nitrogen and oxygen atoms in total. The summed E-state index contributed by atoms with van der Waals surface area (Å²) >= 11 is 0. The lowest BCUT2D eigenvalue weighted by Crippen LogP contribution is -1.82. The van der Waals surface area contributed by atoms with Crippen LogP contribution in [0.25, 0.3) is 0 Å². The molecule has 0 atom stereocenters. The van der Waals surface area contributed by atoms with Crippen molar-refractivity contribution in [3.63, 3.8) is 0 Å². The third-order valence-corrected chi connectivity index (χ3v) is 2.10. The molecule has 0 aromatic carbocycles. The predicted octanol–water partition coefficient (Wildman–Crippen LogP) is 4.48. The van der Waals surface area contributed by atoms with Gasteiger partial charge in [0.2, 0.25) is 0 Å². The number of unbranched alkanes of at least 4 members (excludes halogenated alkanes) is 2. The SMILES string of the molecule is C=CCCCC/C(=C/CC)CC. The van der Waals surface area contributed by atoms with Crippen LogP contribution in [0.4, 0.5) is 0 Å². The normalized spacial score (nSPS) is 11.7. The van der Waals surface area contributed by atoms with Gasteiger partial charge in [-0.2, -0.15) is 0 Å². The van der Waals surface area contributed by atoms with Crippen molar-refractivity contribution < 1.29 is 0 Å². The van der Waals surface area contributed by atoms with Crippen molar-refractivity contribution in [3.8, 4) is 0 Å². The molecule has 0 aromatic rings. The van der Waals surface area contributed by atoms with Crippen LogP contribution in [0.15, 0.2) is 24.3 Å². The monoisotopic (exact) mass is 166 g/mol. The lowest BCUT2D eigenvalue weighted by Gasteiger charge is -2.02. The first kappa shape index (κ1) is 11.5. The summed E-state index contributed by atoms with van der Waals surface area (Å²) in [5, 5.41) is 0. The van der Waals surface area contributed by atoms with Crippen LogP contribution < -0.4 is 0 Å². The lowest BCUT2D eigenvalue weighted by atomic mass is 10.0. The van der Waals surface area contributed by atoms with Crippen LogP contribution in [0.3, 0.4) is 0 Å². The van der Waals surface area contributed by atoms with Gasteiger partial charge in [-0.05, 0) is 38.5 Å². The summed E-state index contributed by atoms with van der Waals surface area (Å²) in [5.74, 6) is 0. The van der Waals surface area contributed by atoms with Gasteiger partial charge in [-0.1, -0.05) is 31.6 Å². The number of rotatable bonds is 7. The predicted molar refractivity (Wildman–Crippen MR) is 57.3 cm³/mol. The minimum Gasteiger partial charge on any atom is -0.103 e. The number of hydrogen-bond acceptors (Lipinski definition) is 0. The third kappa shape index (κ3) is 6.21. The fourth-order valence-electron chi connectivity index (χ4n) is 1.35. The van der Waals surface area contributed by atoms with Gasteiger partial charge in [0.15, 0.2) is 0 Å². The molecule has 0 amide bonds. The van der Waals surface area contributed by atoms with Crippen LogP contribution in [-0.4, -0.2) is 0 Å². The highest BCUT2D eigenvalue weighted by molar-refractivity contribution is 5.00.